The number of carbonyl (C=O) groups is 1. The van der Waals surface area contributed by atoms with Gasteiger partial charge in [-0.25, -0.2) is 19.7 Å². The van der Waals surface area contributed by atoms with Crippen LogP contribution in [0.15, 0.2) is 42.6 Å². The third-order valence-electron chi connectivity index (χ3n) is 7.72. The Morgan fingerprint density at radius 1 is 1.12 bits per heavy atom. The fraction of sp³-hybridized carbons (Fsp3) is 0.455. The van der Waals surface area contributed by atoms with Gasteiger partial charge >= 0.3 is 5.97 Å². The van der Waals surface area contributed by atoms with Crippen molar-refractivity contribution in [1.82, 2.24) is 19.9 Å². The molecule has 0 radical (unpaired) electrons. The summed E-state index contributed by atoms with van der Waals surface area (Å²) in [4.78, 5) is 32.7. The first-order valence-corrected chi connectivity index (χ1v) is 15.9. The summed E-state index contributed by atoms with van der Waals surface area (Å²) in [6.07, 6.45) is 0.884. The van der Waals surface area contributed by atoms with Gasteiger partial charge in [-0.3, -0.25) is 4.90 Å². The van der Waals surface area contributed by atoms with Crippen LogP contribution in [-0.2, 0) is 14.3 Å². The van der Waals surface area contributed by atoms with Crippen molar-refractivity contribution in [3.8, 4) is 21.8 Å². The van der Waals surface area contributed by atoms with Crippen LogP contribution in [0.5, 0.6) is 0 Å². The molecule has 10 heteroatoms. The fourth-order valence-electron chi connectivity index (χ4n) is 5.61. The summed E-state index contributed by atoms with van der Waals surface area (Å²) in [6.45, 7) is 17.3. The van der Waals surface area contributed by atoms with E-state index >= 15 is 0 Å². The molecule has 2 aromatic carbocycles. The first kappa shape index (κ1) is 31.3. The molecule has 0 saturated carbocycles. The molecule has 1 aliphatic rings. The number of rotatable bonds is 7. The number of piperazine rings is 1. The highest BCUT2D eigenvalue weighted by Gasteiger charge is 2.33. The third kappa shape index (κ3) is 6.70. The van der Waals surface area contributed by atoms with Gasteiger partial charge in [-0.05, 0) is 83.9 Å². The van der Waals surface area contributed by atoms with Gasteiger partial charge in [-0.15, -0.1) is 11.3 Å². The number of methoxy groups -OCH3 is 1. The van der Waals surface area contributed by atoms with Gasteiger partial charge in [0, 0.05) is 54.1 Å². The number of fused-ring (bicyclic) bond motifs is 1. The molecule has 8 nitrogen and oxygen atoms in total. The van der Waals surface area contributed by atoms with Crippen LogP contribution >= 0.6 is 22.9 Å². The van der Waals surface area contributed by atoms with E-state index in [2.05, 4.69) is 35.6 Å². The van der Waals surface area contributed by atoms with Crippen molar-refractivity contribution in [2.45, 2.75) is 72.3 Å². The molecule has 0 N–H and O–H groups in total. The lowest BCUT2D eigenvalue weighted by molar-refractivity contribution is -0.164. The second-order valence-electron chi connectivity index (χ2n) is 12.4. The zero-order valence-electron chi connectivity index (χ0n) is 26.1. The van der Waals surface area contributed by atoms with Gasteiger partial charge in [0.2, 0.25) is 5.95 Å². The largest absolute Gasteiger partial charge is 0.467 e. The van der Waals surface area contributed by atoms with E-state index in [0.717, 1.165) is 62.8 Å². The molecular weight excluding hydrogens is 582 g/mol. The summed E-state index contributed by atoms with van der Waals surface area (Å²) in [5.74, 6) is 0.260. The molecule has 0 spiro atoms. The van der Waals surface area contributed by atoms with Crippen molar-refractivity contribution >= 4 is 45.1 Å². The number of halogens is 1. The zero-order chi connectivity index (χ0) is 31.1. The van der Waals surface area contributed by atoms with Crippen LogP contribution in [0.2, 0.25) is 5.02 Å². The first-order chi connectivity index (χ1) is 20.4. The van der Waals surface area contributed by atoms with Crippen LogP contribution < -0.4 is 4.90 Å². The second-order valence-corrected chi connectivity index (χ2v) is 13.8. The first-order valence-electron chi connectivity index (χ1n) is 14.7. The van der Waals surface area contributed by atoms with E-state index in [0.29, 0.717) is 23.1 Å². The average Bonchev–Trinajstić information content (AvgIpc) is 3.38. The lowest BCUT2D eigenvalue weighted by atomic mass is 9.91. The summed E-state index contributed by atoms with van der Waals surface area (Å²) < 4.78 is 12.5. The Labute approximate surface area is 263 Å². The van der Waals surface area contributed by atoms with Crippen LogP contribution in [0.25, 0.3) is 32.0 Å². The molecule has 3 heterocycles. The average molecular weight is 622 g/mol. The molecule has 1 fully saturated rings. The van der Waals surface area contributed by atoms with Gasteiger partial charge in [-0.1, -0.05) is 23.7 Å². The Morgan fingerprint density at radius 3 is 2.47 bits per heavy atom. The van der Waals surface area contributed by atoms with E-state index < -0.39 is 17.7 Å². The summed E-state index contributed by atoms with van der Waals surface area (Å²) in [5.41, 5.74) is 4.43. The quantitative estimate of drug-likeness (QED) is 0.198. The van der Waals surface area contributed by atoms with E-state index in [9.17, 15) is 4.79 Å². The van der Waals surface area contributed by atoms with Gasteiger partial charge in [0.05, 0.1) is 22.9 Å². The summed E-state index contributed by atoms with van der Waals surface area (Å²) in [5, 5.41) is 1.41. The molecule has 43 heavy (non-hydrogen) atoms. The smallest absolute Gasteiger partial charge is 0.339 e. The zero-order valence-corrected chi connectivity index (χ0v) is 27.7. The predicted octanol–water partition coefficient (Wildman–Crippen LogP) is 7.33. The number of aromatic nitrogens is 3. The predicted molar refractivity (Wildman–Crippen MR) is 175 cm³/mol. The maximum atomic E-state index is 13.2. The number of esters is 1. The van der Waals surface area contributed by atoms with Crippen molar-refractivity contribution in [1.29, 1.82) is 0 Å². The number of hydrogen-bond donors (Lipinski definition) is 0. The molecule has 2 atom stereocenters. The van der Waals surface area contributed by atoms with Gasteiger partial charge in [0.15, 0.2) is 6.10 Å². The van der Waals surface area contributed by atoms with E-state index in [1.165, 1.54) is 7.11 Å². The minimum absolute atomic E-state index is 0.293. The maximum Gasteiger partial charge on any atom is 0.339 e. The van der Waals surface area contributed by atoms with E-state index in [4.69, 9.17) is 31.0 Å². The number of ether oxygens (including phenoxy) is 2. The summed E-state index contributed by atoms with van der Waals surface area (Å²) in [7, 11) is 1.39. The van der Waals surface area contributed by atoms with Gasteiger partial charge in [0.1, 0.15) is 10.7 Å². The molecule has 1 saturated heterocycles. The molecule has 0 bridgehead atoms. The Hall–Kier alpha value is -3.11. The molecule has 1 aliphatic heterocycles. The molecule has 1 unspecified atom stereocenters. The Bertz CT molecular complexity index is 1620. The number of thiazole rings is 1. The minimum Gasteiger partial charge on any atom is -0.467 e. The Balaban J connectivity index is 1.64. The lowest BCUT2D eigenvalue weighted by Gasteiger charge is -2.41. The van der Waals surface area contributed by atoms with Gasteiger partial charge in [0.25, 0.3) is 0 Å². The number of anilines is 1. The van der Waals surface area contributed by atoms with Crippen LogP contribution in [0.1, 0.15) is 58.8 Å². The van der Waals surface area contributed by atoms with Crippen molar-refractivity contribution < 1.29 is 14.3 Å². The Kier molecular flexibility index (Phi) is 9.09. The Morgan fingerprint density at radius 2 is 1.84 bits per heavy atom. The molecule has 228 valence electrons. The topological polar surface area (TPSA) is 80.7 Å². The highest BCUT2D eigenvalue weighted by atomic mass is 35.5. The van der Waals surface area contributed by atoms with Gasteiger partial charge in [-0.2, -0.15) is 0 Å². The van der Waals surface area contributed by atoms with Gasteiger partial charge < -0.3 is 14.4 Å². The van der Waals surface area contributed by atoms with Crippen molar-refractivity contribution in [2.75, 3.05) is 31.6 Å². The van der Waals surface area contributed by atoms with Crippen molar-refractivity contribution in [3.05, 3.63) is 58.7 Å². The second kappa shape index (κ2) is 12.5. The van der Waals surface area contributed by atoms with E-state index in [1.807, 2.05) is 70.3 Å². The number of benzene rings is 2. The minimum atomic E-state index is -0.928. The highest BCUT2D eigenvalue weighted by molar-refractivity contribution is 7.22. The molecule has 4 aromatic rings. The van der Waals surface area contributed by atoms with Crippen molar-refractivity contribution in [2.24, 2.45) is 0 Å². The fourth-order valence-corrected chi connectivity index (χ4v) is 6.83. The van der Waals surface area contributed by atoms with Crippen LogP contribution in [0.3, 0.4) is 0 Å². The number of carbonyl (C=O) groups excluding carboxylic acids is 1. The molecule has 2 aromatic heterocycles. The number of aryl methyl sites for hydroxylation is 1. The number of hydrogen-bond acceptors (Lipinski definition) is 9. The monoisotopic (exact) mass is 621 g/mol. The SMILES string of the molecule is COC(=O)C(OC(C)(C)C)c1c(C)cc2nc(-c3ccnc(N4CCN(C(C)C)C[C@@H]4C)n3)sc2c1-c1ccc(Cl)cc1. The summed E-state index contributed by atoms with van der Waals surface area (Å²) >= 11 is 7.82. The number of nitrogens with zero attached hydrogens (tertiary/aromatic N) is 5. The van der Waals surface area contributed by atoms with Crippen LogP contribution in [-0.4, -0.2) is 70.2 Å². The third-order valence-corrected chi connectivity index (χ3v) is 9.08. The highest BCUT2D eigenvalue weighted by Crippen LogP contribution is 2.44. The van der Waals surface area contributed by atoms with Crippen LogP contribution in [0, 0.1) is 6.92 Å². The molecule has 0 amide bonds. The van der Waals surface area contributed by atoms with E-state index in [-0.39, 0.29) is 0 Å². The normalized spacial score (nSPS) is 17.1. The molecule has 5 rings (SSSR count). The van der Waals surface area contributed by atoms with Crippen molar-refractivity contribution in [3.63, 3.8) is 0 Å². The van der Waals surface area contributed by atoms with E-state index in [1.54, 1.807) is 11.3 Å². The molecule has 0 aliphatic carbocycles. The standard InChI is InChI=1S/C33H40ClN5O3S/c1-19(2)38-15-16-39(21(4)18-38)32-35-14-13-24(37-32)30-36-25-17-20(3)26(28(31(40)41-8)42-33(5,6)7)27(29(25)43-30)22-9-11-23(34)12-10-22/h9-14,17,19,21,28H,15-16,18H2,1-8H3/t21-,28?/m0/s1. The molecular formula is C33H40ClN5O3S. The van der Waals surface area contributed by atoms with Crippen LogP contribution in [0.4, 0.5) is 5.95 Å². The summed E-state index contributed by atoms with van der Waals surface area (Å²) in [6, 6.07) is 12.4. The lowest BCUT2D eigenvalue weighted by Crippen LogP contribution is -2.54. The maximum absolute atomic E-state index is 13.2.